The molecule has 3 aromatic rings. The van der Waals surface area contributed by atoms with Crippen LogP contribution in [0, 0.1) is 11.8 Å². The molecular weight excluding hydrogens is 365 g/mol. The molecular formula is C21H19F3N4. The summed E-state index contributed by atoms with van der Waals surface area (Å²) in [7, 11) is 0. The van der Waals surface area contributed by atoms with Crippen molar-refractivity contribution < 1.29 is 13.2 Å². The van der Waals surface area contributed by atoms with Crippen molar-refractivity contribution >= 4 is 16.7 Å². The Labute approximate surface area is 160 Å². The van der Waals surface area contributed by atoms with E-state index in [1.165, 1.54) is 31.5 Å². The Balaban J connectivity index is 1.74. The summed E-state index contributed by atoms with van der Waals surface area (Å²) in [5.41, 5.74) is 0.983. The third-order valence-corrected chi connectivity index (χ3v) is 4.97. The molecule has 0 aromatic carbocycles. The van der Waals surface area contributed by atoms with Gasteiger partial charge in [0.15, 0.2) is 0 Å². The number of nitrogens with zero attached hydrogens (tertiary/aromatic N) is 2. The lowest BCUT2D eigenvalue weighted by atomic mass is 9.95. The number of hydrogen-bond donors (Lipinski definition) is 2. The molecule has 0 spiro atoms. The first kappa shape index (κ1) is 18.4. The van der Waals surface area contributed by atoms with Crippen LogP contribution in [-0.2, 0) is 6.18 Å². The van der Waals surface area contributed by atoms with Gasteiger partial charge in [0.1, 0.15) is 11.3 Å². The molecule has 28 heavy (non-hydrogen) atoms. The second-order valence-electron chi connectivity index (χ2n) is 6.91. The van der Waals surface area contributed by atoms with Gasteiger partial charge in [0.05, 0.1) is 16.8 Å². The summed E-state index contributed by atoms with van der Waals surface area (Å²) in [4.78, 5) is 11.2. The van der Waals surface area contributed by atoms with E-state index in [1.54, 1.807) is 12.4 Å². The largest absolute Gasteiger partial charge is 0.419 e. The fraction of sp³-hybridized carbons (Fsp3) is 0.333. The number of nitrogens with one attached hydrogen (secondary N) is 2. The highest BCUT2D eigenvalue weighted by Gasteiger charge is 2.33. The predicted molar refractivity (Wildman–Crippen MR) is 102 cm³/mol. The van der Waals surface area contributed by atoms with Crippen LogP contribution in [0.3, 0.4) is 0 Å². The Bertz CT molecular complexity index is 1040. The van der Waals surface area contributed by atoms with Crippen LogP contribution in [0.5, 0.6) is 0 Å². The standard InChI is InChI=1S/C21H19F3N4/c22-21(23,24)17-7-4-11-25-18(17)9-8-14-13-27-20-16(10-12-26-20)19(14)28-15-5-2-1-3-6-15/h4,7,10-13,15H,1-3,5-6H2,(H2,26,27,28). The molecule has 0 atom stereocenters. The molecule has 2 N–H and O–H groups in total. The van der Waals surface area contributed by atoms with Crippen molar-refractivity contribution in [2.45, 2.75) is 44.3 Å². The lowest BCUT2D eigenvalue weighted by Crippen LogP contribution is -2.22. The molecule has 0 amide bonds. The van der Waals surface area contributed by atoms with E-state index in [0.717, 1.165) is 35.6 Å². The van der Waals surface area contributed by atoms with Gasteiger partial charge >= 0.3 is 6.18 Å². The number of hydrogen-bond acceptors (Lipinski definition) is 3. The van der Waals surface area contributed by atoms with Gasteiger partial charge in [-0.15, -0.1) is 0 Å². The highest BCUT2D eigenvalue weighted by Crippen LogP contribution is 2.31. The molecule has 3 heterocycles. The maximum atomic E-state index is 13.2. The maximum Gasteiger partial charge on any atom is 0.419 e. The van der Waals surface area contributed by atoms with Crippen LogP contribution in [0.4, 0.5) is 18.9 Å². The number of rotatable bonds is 2. The van der Waals surface area contributed by atoms with E-state index in [0.29, 0.717) is 11.6 Å². The smallest absolute Gasteiger partial charge is 0.381 e. The summed E-state index contributed by atoms with van der Waals surface area (Å²) in [6.45, 7) is 0. The van der Waals surface area contributed by atoms with Crippen LogP contribution >= 0.6 is 0 Å². The minimum absolute atomic E-state index is 0.284. The van der Waals surface area contributed by atoms with Crippen LogP contribution in [0.15, 0.2) is 36.8 Å². The number of H-pyrrole nitrogens is 1. The Morgan fingerprint density at radius 3 is 2.68 bits per heavy atom. The van der Waals surface area contributed by atoms with E-state index in [4.69, 9.17) is 0 Å². The van der Waals surface area contributed by atoms with E-state index in [9.17, 15) is 13.2 Å². The van der Waals surface area contributed by atoms with E-state index in [-0.39, 0.29) is 5.69 Å². The normalized spacial score (nSPS) is 15.2. The molecule has 4 rings (SSSR count). The van der Waals surface area contributed by atoms with Gasteiger partial charge in [-0.1, -0.05) is 25.2 Å². The summed E-state index contributed by atoms with van der Waals surface area (Å²) >= 11 is 0. The highest BCUT2D eigenvalue weighted by atomic mass is 19.4. The molecule has 0 radical (unpaired) electrons. The Kier molecular flexibility index (Phi) is 4.95. The number of aromatic amines is 1. The van der Waals surface area contributed by atoms with E-state index in [1.807, 2.05) is 6.07 Å². The molecule has 4 nitrogen and oxygen atoms in total. The highest BCUT2D eigenvalue weighted by molar-refractivity contribution is 5.92. The fourth-order valence-corrected chi connectivity index (χ4v) is 3.57. The second kappa shape index (κ2) is 7.55. The summed E-state index contributed by atoms with van der Waals surface area (Å²) in [6, 6.07) is 4.49. The van der Waals surface area contributed by atoms with Gasteiger partial charge in [-0.25, -0.2) is 9.97 Å². The minimum Gasteiger partial charge on any atom is -0.381 e. The molecule has 3 aromatic heterocycles. The number of pyridine rings is 2. The summed E-state index contributed by atoms with van der Waals surface area (Å²) in [5.74, 6) is 5.46. The van der Waals surface area contributed by atoms with Gasteiger partial charge < -0.3 is 10.3 Å². The van der Waals surface area contributed by atoms with E-state index < -0.39 is 11.7 Å². The van der Waals surface area contributed by atoms with Gasteiger partial charge in [0.25, 0.3) is 0 Å². The molecule has 1 fully saturated rings. The van der Waals surface area contributed by atoms with Gasteiger partial charge in [-0.05, 0) is 37.0 Å². The maximum absolute atomic E-state index is 13.2. The van der Waals surface area contributed by atoms with Crippen molar-refractivity contribution in [1.29, 1.82) is 0 Å². The zero-order valence-electron chi connectivity index (χ0n) is 15.1. The first-order chi connectivity index (χ1) is 13.5. The van der Waals surface area contributed by atoms with Crippen molar-refractivity contribution in [3.8, 4) is 11.8 Å². The fourth-order valence-electron chi connectivity index (χ4n) is 3.57. The van der Waals surface area contributed by atoms with E-state index >= 15 is 0 Å². The van der Waals surface area contributed by atoms with Crippen molar-refractivity contribution in [2.24, 2.45) is 0 Å². The van der Waals surface area contributed by atoms with Crippen molar-refractivity contribution in [1.82, 2.24) is 15.0 Å². The third-order valence-electron chi connectivity index (χ3n) is 4.97. The van der Waals surface area contributed by atoms with Gasteiger partial charge in [0, 0.05) is 30.0 Å². The Morgan fingerprint density at radius 2 is 1.89 bits per heavy atom. The molecule has 1 saturated carbocycles. The minimum atomic E-state index is -4.50. The number of fused-ring (bicyclic) bond motifs is 1. The summed E-state index contributed by atoms with van der Waals surface area (Å²) < 4.78 is 39.6. The van der Waals surface area contributed by atoms with Crippen molar-refractivity contribution in [2.75, 3.05) is 5.32 Å². The SMILES string of the molecule is FC(F)(F)c1cccnc1C#Cc1cnc2[nH]ccc2c1NC1CCCCC1. The van der Waals surface area contributed by atoms with Crippen molar-refractivity contribution in [3.05, 3.63) is 53.6 Å². The third kappa shape index (κ3) is 3.81. The van der Waals surface area contributed by atoms with Gasteiger partial charge in [-0.2, -0.15) is 13.2 Å². The van der Waals surface area contributed by atoms with Gasteiger partial charge in [-0.3, -0.25) is 0 Å². The first-order valence-corrected chi connectivity index (χ1v) is 9.29. The molecule has 1 aliphatic carbocycles. The van der Waals surface area contributed by atoms with E-state index in [2.05, 4.69) is 32.1 Å². The molecule has 7 heteroatoms. The van der Waals surface area contributed by atoms with Crippen LogP contribution in [0.1, 0.15) is 48.9 Å². The Hall–Kier alpha value is -3.01. The average Bonchev–Trinajstić information content (AvgIpc) is 3.17. The topological polar surface area (TPSA) is 53.6 Å². The lowest BCUT2D eigenvalue weighted by molar-refractivity contribution is -0.138. The molecule has 144 valence electrons. The zero-order valence-corrected chi connectivity index (χ0v) is 15.1. The van der Waals surface area contributed by atoms with Gasteiger partial charge in [0.2, 0.25) is 0 Å². The first-order valence-electron chi connectivity index (χ1n) is 9.29. The van der Waals surface area contributed by atoms with Crippen LogP contribution in [0.2, 0.25) is 0 Å². The summed E-state index contributed by atoms with van der Waals surface area (Å²) in [6.07, 6.45) is 5.92. The number of alkyl halides is 3. The molecule has 0 aliphatic heterocycles. The molecule has 0 bridgehead atoms. The zero-order chi connectivity index (χ0) is 19.6. The quantitative estimate of drug-likeness (QED) is 0.603. The second-order valence-corrected chi connectivity index (χ2v) is 6.91. The van der Waals surface area contributed by atoms with Crippen molar-refractivity contribution in [3.63, 3.8) is 0 Å². The monoisotopic (exact) mass is 384 g/mol. The predicted octanol–water partition coefficient (Wildman–Crippen LogP) is 5.12. The molecule has 0 saturated heterocycles. The Morgan fingerprint density at radius 1 is 1.07 bits per heavy atom. The number of halogens is 3. The van der Waals surface area contributed by atoms with Crippen LogP contribution in [-0.4, -0.2) is 21.0 Å². The molecule has 1 aliphatic rings. The number of aromatic nitrogens is 3. The lowest BCUT2D eigenvalue weighted by Gasteiger charge is -2.24. The number of anilines is 1. The average molecular weight is 384 g/mol. The molecule has 0 unspecified atom stereocenters. The summed E-state index contributed by atoms with van der Waals surface area (Å²) in [5, 5.41) is 4.44. The van der Waals surface area contributed by atoms with Crippen LogP contribution in [0.25, 0.3) is 11.0 Å². The van der Waals surface area contributed by atoms with Crippen LogP contribution < -0.4 is 5.32 Å².